The molecule has 0 aliphatic rings. The quantitative estimate of drug-likeness (QED) is 0.855. The maximum atomic E-state index is 12.3. The molecule has 0 aliphatic heterocycles. The van der Waals surface area contributed by atoms with E-state index in [4.69, 9.17) is 4.74 Å². The topological polar surface area (TPSA) is 84.1 Å². The van der Waals surface area contributed by atoms with Gasteiger partial charge in [0.2, 0.25) is 0 Å². The van der Waals surface area contributed by atoms with Crippen molar-refractivity contribution in [3.63, 3.8) is 0 Å². The number of imidazole rings is 1. The monoisotopic (exact) mass is 309 g/mol. The van der Waals surface area contributed by atoms with Crippen LogP contribution in [-0.2, 0) is 16.4 Å². The van der Waals surface area contributed by atoms with Gasteiger partial charge in [-0.3, -0.25) is 0 Å². The first-order valence-corrected chi connectivity index (χ1v) is 8.14. The van der Waals surface area contributed by atoms with Gasteiger partial charge in [-0.05, 0) is 24.6 Å². The first-order valence-electron chi connectivity index (χ1n) is 6.66. The van der Waals surface area contributed by atoms with Crippen LogP contribution in [-0.4, -0.2) is 25.5 Å². The van der Waals surface area contributed by atoms with Gasteiger partial charge >= 0.3 is 0 Å². The van der Waals surface area contributed by atoms with E-state index in [9.17, 15) is 8.42 Å². The number of rotatable bonds is 6. The molecule has 1 aromatic carbocycles. The maximum absolute atomic E-state index is 12.3. The van der Waals surface area contributed by atoms with Crippen molar-refractivity contribution in [2.45, 2.75) is 31.3 Å². The van der Waals surface area contributed by atoms with Crippen molar-refractivity contribution in [1.29, 1.82) is 0 Å². The lowest BCUT2D eigenvalue weighted by Gasteiger charge is -2.14. The van der Waals surface area contributed by atoms with Crippen molar-refractivity contribution in [1.82, 2.24) is 14.7 Å². The second-order valence-corrected chi connectivity index (χ2v) is 6.35. The van der Waals surface area contributed by atoms with E-state index in [1.165, 1.54) is 6.20 Å². The molecule has 0 fully saturated rings. The summed E-state index contributed by atoms with van der Waals surface area (Å²) >= 11 is 0. The van der Waals surface area contributed by atoms with Crippen molar-refractivity contribution in [2.75, 3.05) is 7.11 Å². The average Bonchev–Trinajstić information content (AvgIpc) is 2.96. The summed E-state index contributed by atoms with van der Waals surface area (Å²) in [6.07, 6.45) is 1.99. The Morgan fingerprint density at radius 3 is 2.52 bits per heavy atom. The van der Waals surface area contributed by atoms with E-state index in [2.05, 4.69) is 14.7 Å². The van der Waals surface area contributed by atoms with E-state index in [0.717, 1.165) is 11.3 Å². The number of H-pyrrole nitrogens is 1. The lowest BCUT2D eigenvalue weighted by Crippen LogP contribution is -2.27. The number of methoxy groups -OCH3 is 1. The summed E-state index contributed by atoms with van der Waals surface area (Å²) in [6, 6.07) is 6.90. The molecule has 0 amide bonds. The molecule has 2 aromatic rings. The summed E-state index contributed by atoms with van der Waals surface area (Å²) in [7, 11) is -2.02. The van der Waals surface area contributed by atoms with Crippen LogP contribution >= 0.6 is 0 Å². The molecule has 0 bridgehead atoms. The number of hydrogen-bond donors (Lipinski definition) is 2. The van der Waals surface area contributed by atoms with E-state index in [0.29, 0.717) is 12.2 Å². The fourth-order valence-corrected chi connectivity index (χ4v) is 3.09. The van der Waals surface area contributed by atoms with Gasteiger partial charge in [-0.25, -0.2) is 18.1 Å². The number of nitrogens with zero attached hydrogens (tertiary/aromatic N) is 1. The zero-order valence-electron chi connectivity index (χ0n) is 12.3. The number of aromatic nitrogens is 2. The van der Waals surface area contributed by atoms with Gasteiger partial charge in [0.25, 0.3) is 10.0 Å². The van der Waals surface area contributed by atoms with E-state index in [1.54, 1.807) is 26.2 Å². The molecular weight excluding hydrogens is 290 g/mol. The Labute approximate surface area is 124 Å². The van der Waals surface area contributed by atoms with Gasteiger partial charge in [0, 0.05) is 12.5 Å². The van der Waals surface area contributed by atoms with Crippen LogP contribution in [0, 0.1) is 0 Å². The summed E-state index contributed by atoms with van der Waals surface area (Å²) in [5.41, 5.74) is 0.856. The lowest BCUT2D eigenvalue weighted by molar-refractivity contribution is 0.414. The molecule has 1 heterocycles. The molecule has 0 spiro atoms. The highest BCUT2D eigenvalue weighted by Crippen LogP contribution is 2.19. The predicted octanol–water partition coefficient (Wildman–Crippen LogP) is 2.02. The zero-order chi connectivity index (χ0) is 15.5. The molecule has 114 valence electrons. The molecular formula is C14H19N3O3S. The van der Waals surface area contributed by atoms with E-state index in [-0.39, 0.29) is 11.1 Å². The van der Waals surface area contributed by atoms with Gasteiger partial charge in [-0.15, -0.1) is 0 Å². The minimum Gasteiger partial charge on any atom is -0.497 e. The molecule has 0 radical (unpaired) electrons. The SMILES string of the molecule is CCc1ncc(S(=O)(=O)NC(C)c2ccc(OC)cc2)[nH]1. The molecule has 21 heavy (non-hydrogen) atoms. The molecule has 2 N–H and O–H groups in total. The van der Waals surface area contributed by atoms with Crippen LogP contribution in [0.3, 0.4) is 0 Å². The van der Waals surface area contributed by atoms with E-state index < -0.39 is 10.0 Å². The minimum absolute atomic E-state index is 0.0831. The van der Waals surface area contributed by atoms with Gasteiger partial charge < -0.3 is 9.72 Å². The second kappa shape index (κ2) is 6.28. The number of benzene rings is 1. The fourth-order valence-electron chi connectivity index (χ4n) is 1.92. The van der Waals surface area contributed by atoms with Crippen LogP contribution in [0.1, 0.15) is 31.3 Å². The van der Waals surface area contributed by atoms with E-state index >= 15 is 0 Å². The molecule has 6 nitrogen and oxygen atoms in total. The number of hydrogen-bond acceptors (Lipinski definition) is 4. The third-order valence-corrected chi connectivity index (χ3v) is 4.63. The Balaban J connectivity index is 2.14. The second-order valence-electron chi connectivity index (χ2n) is 4.66. The summed E-state index contributed by atoms with van der Waals surface area (Å²) < 4.78 is 32.2. The molecule has 2 rings (SSSR count). The van der Waals surface area contributed by atoms with Gasteiger partial charge in [0.1, 0.15) is 11.6 Å². The molecule has 0 aliphatic carbocycles. The number of aryl methyl sites for hydroxylation is 1. The van der Waals surface area contributed by atoms with Crippen molar-refractivity contribution in [2.24, 2.45) is 0 Å². The van der Waals surface area contributed by atoms with Gasteiger partial charge in [0.15, 0.2) is 5.03 Å². The highest BCUT2D eigenvalue weighted by Gasteiger charge is 2.20. The molecule has 1 atom stereocenters. The van der Waals surface area contributed by atoms with E-state index in [1.807, 2.05) is 19.1 Å². The summed E-state index contributed by atoms with van der Waals surface area (Å²) in [6.45, 7) is 3.69. The van der Waals surface area contributed by atoms with Crippen LogP contribution in [0.2, 0.25) is 0 Å². The van der Waals surface area contributed by atoms with Crippen LogP contribution in [0.15, 0.2) is 35.5 Å². The summed E-state index contributed by atoms with van der Waals surface area (Å²) in [4.78, 5) is 6.81. The van der Waals surface area contributed by atoms with Gasteiger partial charge in [0.05, 0.1) is 13.3 Å². The highest BCUT2D eigenvalue weighted by atomic mass is 32.2. The largest absolute Gasteiger partial charge is 0.497 e. The molecule has 0 saturated heterocycles. The number of sulfonamides is 1. The Morgan fingerprint density at radius 1 is 1.33 bits per heavy atom. The highest BCUT2D eigenvalue weighted by molar-refractivity contribution is 7.89. The standard InChI is InChI=1S/C14H19N3O3S/c1-4-13-15-9-14(16-13)21(18,19)17-10(2)11-5-7-12(20-3)8-6-11/h5-10,17H,4H2,1-3H3,(H,15,16). The Morgan fingerprint density at radius 2 is 2.00 bits per heavy atom. The van der Waals surface area contributed by atoms with Crippen molar-refractivity contribution >= 4 is 10.0 Å². The fraction of sp³-hybridized carbons (Fsp3) is 0.357. The third kappa shape index (κ3) is 3.62. The Kier molecular flexibility index (Phi) is 4.64. The zero-order valence-corrected chi connectivity index (χ0v) is 13.1. The molecule has 7 heteroatoms. The number of aromatic amines is 1. The van der Waals surface area contributed by atoms with Crippen LogP contribution in [0.5, 0.6) is 5.75 Å². The summed E-state index contributed by atoms with van der Waals surface area (Å²) in [5.74, 6) is 1.38. The van der Waals surface area contributed by atoms with Gasteiger partial charge in [-0.1, -0.05) is 19.1 Å². The van der Waals surface area contributed by atoms with Crippen LogP contribution in [0.4, 0.5) is 0 Å². The number of ether oxygens (including phenoxy) is 1. The Bertz CT molecular complexity index is 693. The third-order valence-electron chi connectivity index (χ3n) is 3.18. The normalized spacial score (nSPS) is 13.1. The maximum Gasteiger partial charge on any atom is 0.258 e. The summed E-state index contributed by atoms with van der Waals surface area (Å²) in [5, 5.41) is 0.0831. The Hall–Kier alpha value is -1.86. The molecule has 1 unspecified atom stereocenters. The lowest BCUT2D eigenvalue weighted by atomic mass is 10.1. The van der Waals surface area contributed by atoms with Gasteiger partial charge in [-0.2, -0.15) is 0 Å². The molecule has 0 saturated carbocycles. The van der Waals surface area contributed by atoms with Crippen molar-refractivity contribution in [3.8, 4) is 5.75 Å². The average molecular weight is 309 g/mol. The van der Waals surface area contributed by atoms with Crippen molar-refractivity contribution < 1.29 is 13.2 Å². The first kappa shape index (κ1) is 15.5. The van der Waals surface area contributed by atoms with Crippen LogP contribution in [0.25, 0.3) is 0 Å². The molecule has 1 aromatic heterocycles. The predicted molar refractivity (Wildman–Crippen MR) is 79.7 cm³/mol. The van der Waals surface area contributed by atoms with Crippen LogP contribution < -0.4 is 9.46 Å². The minimum atomic E-state index is -3.61. The number of nitrogens with one attached hydrogen (secondary N) is 2. The first-order chi connectivity index (χ1) is 9.96. The van der Waals surface area contributed by atoms with Crippen molar-refractivity contribution in [3.05, 3.63) is 41.9 Å². The smallest absolute Gasteiger partial charge is 0.258 e.